The van der Waals surface area contributed by atoms with Gasteiger partial charge < -0.3 is 9.64 Å². The van der Waals surface area contributed by atoms with E-state index in [4.69, 9.17) is 4.74 Å². The van der Waals surface area contributed by atoms with Crippen molar-refractivity contribution in [3.05, 3.63) is 53.6 Å². The van der Waals surface area contributed by atoms with Crippen molar-refractivity contribution < 1.29 is 17.9 Å². The highest BCUT2D eigenvalue weighted by atomic mass is 32.2. The van der Waals surface area contributed by atoms with Gasteiger partial charge >= 0.3 is 0 Å². The number of anilines is 1. The lowest BCUT2D eigenvalue weighted by Crippen LogP contribution is -2.47. The molecule has 0 aliphatic carbocycles. The minimum atomic E-state index is -3.66. The summed E-state index contributed by atoms with van der Waals surface area (Å²) in [6, 6.07) is 12.4. The van der Waals surface area contributed by atoms with Gasteiger partial charge in [-0.25, -0.2) is 8.42 Å². The lowest BCUT2D eigenvalue weighted by molar-refractivity contribution is -0.123. The topological polar surface area (TPSA) is 66.9 Å². The molecule has 7 heteroatoms. The van der Waals surface area contributed by atoms with Crippen LogP contribution in [0.25, 0.3) is 0 Å². The largest absolute Gasteiger partial charge is 0.497 e. The van der Waals surface area contributed by atoms with Crippen molar-refractivity contribution in [3.8, 4) is 5.75 Å². The van der Waals surface area contributed by atoms with Gasteiger partial charge in [0.15, 0.2) is 0 Å². The maximum atomic E-state index is 13.3. The summed E-state index contributed by atoms with van der Waals surface area (Å²) < 4.78 is 32.8. The molecule has 1 saturated heterocycles. The van der Waals surface area contributed by atoms with E-state index < -0.39 is 10.0 Å². The van der Waals surface area contributed by atoms with Crippen molar-refractivity contribution in [2.75, 3.05) is 31.6 Å². The highest BCUT2D eigenvalue weighted by Gasteiger charge is 2.35. The molecule has 1 amide bonds. The predicted octanol–water partition coefficient (Wildman–Crippen LogP) is 3.77. The smallest absolute Gasteiger partial charge is 0.243 e. The van der Waals surface area contributed by atoms with Crippen LogP contribution in [0.4, 0.5) is 5.69 Å². The maximum absolute atomic E-state index is 13.3. The molecular formula is C23H30N2O4S. The van der Waals surface area contributed by atoms with Crippen molar-refractivity contribution in [1.29, 1.82) is 0 Å². The Morgan fingerprint density at radius 3 is 2.47 bits per heavy atom. The number of piperidine rings is 1. The number of nitrogens with zero attached hydrogens (tertiary/aromatic N) is 2. The van der Waals surface area contributed by atoms with Gasteiger partial charge in [0.25, 0.3) is 0 Å². The van der Waals surface area contributed by atoms with Gasteiger partial charge in [-0.15, -0.1) is 0 Å². The zero-order chi connectivity index (χ0) is 21.9. The predicted molar refractivity (Wildman–Crippen MR) is 118 cm³/mol. The molecule has 3 rings (SSSR count). The van der Waals surface area contributed by atoms with Gasteiger partial charge in [-0.1, -0.05) is 17.7 Å². The number of carbonyl (C=O) groups excluding carboxylic acids is 1. The fourth-order valence-corrected chi connectivity index (χ4v) is 5.56. The molecule has 0 spiro atoms. The molecular weight excluding hydrogens is 400 g/mol. The molecule has 6 nitrogen and oxygen atoms in total. The first-order valence-electron chi connectivity index (χ1n) is 10.3. The molecule has 1 aliphatic rings. The molecule has 1 fully saturated rings. The molecule has 0 saturated carbocycles. The summed E-state index contributed by atoms with van der Waals surface area (Å²) in [5.41, 5.74) is 3.08. The SMILES string of the molecule is CCN(C(=O)C1CCCN(S(=O)(=O)c2ccc(OC)cc2)C1)c1ccc(C)cc1C. The number of hydrogen-bond acceptors (Lipinski definition) is 4. The molecule has 162 valence electrons. The number of aryl methyl sites for hydroxylation is 2. The van der Waals surface area contributed by atoms with Crippen LogP contribution in [0.5, 0.6) is 5.75 Å². The highest BCUT2D eigenvalue weighted by Crippen LogP contribution is 2.29. The second-order valence-electron chi connectivity index (χ2n) is 7.75. The summed E-state index contributed by atoms with van der Waals surface area (Å²) >= 11 is 0. The third-order valence-electron chi connectivity index (χ3n) is 5.66. The molecule has 1 heterocycles. The van der Waals surface area contributed by atoms with Crippen LogP contribution in [0.15, 0.2) is 47.4 Å². The lowest BCUT2D eigenvalue weighted by Gasteiger charge is -2.34. The molecule has 30 heavy (non-hydrogen) atoms. The summed E-state index contributed by atoms with van der Waals surface area (Å²) in [6.45, 7) is 7.15. The Balaban J connectivity index is 1.81. The van der Waals surface area contributed by atoms with E-state index in [9.17, 15) is 13.2 Å². The normalized spacial score (nSPS) is 17.5. The van der Waals surface area contributed by atoms with Crippen molar-refractivity contribution in [2.24, 2.45) is 5.92 Å². The van der Waals surface area contributed by atoms with Crippen LogP contribution >= 0.6 is 0 Å². The Morgan fingerprint density at radius 2 is 1.87 bits per heavy atom. The van der Waals surface area contributed by atoms with E-state index in [0.29, 0.717) is 31.7 Å². The number of methoxy groups -OCH3 is 1. The number of amides is 1. The zero-order valence-electron chi connectivity index (χ0n) is 18.1. The van der Waals surface area contributed by atoms with E-state index in [2.05, 4.69) is 6.07 Å². The van der Waals surface area contributed by atoms with Gasteiger partial charge in [-0.2, -0.15) is 4.31 Å². The average molecular weight is 431 g/mol. The monoisotopic (exact) mass is 430 g/mol. The second-order valence-corrected chi connectivity index (χ2v) is 9.69. The number of sulfonamides is 1. The van der Waals surface area contributed by atoms with Crippen LogP contribution in [-0.4, -0.2) is 45.4 Å². The van der Waals surface area contributed by atoms with Gasteiger partial charge in [0.1, 0.15) is 5.75 Å². The fraction of sp³-hybridized carbons (Fsp3) is 0.435. The summed E-state index contributed by atoms with van der Waals surface area (Å²) in [5, 5.41) is 0. The van der Waals surface area contributed by atoms with Crippen molar-refractivity contribution in [3.63, 3.8) is 0 Å². The lowest BCUT2D eigenvalue weighted by atomic mass is 9.97. The first-order chi connectivity index (χ1) is 14.3. The average Bonchev–Trinajstić information content (AvgIpc) is 2.75. The van der Waals surface area contributed by atoms with E-state index in [-0.39, 0.29) is 23.3 Å². The van der Waals surface area contributed by atoms with Crippen LogP contribution in [0, 0.1) is 19.8 Å². The zero-order valence-corrected chi connectivity index (χ0v) is 18.9. The van der Waals surface area contributed by atoms with Crippen LogP contribution < -0.4 is 9.64 Å². The van der Waals surface area contributed by atoms with E-state index in [1.807, 2.05) is 32.9 Å². The minimum Gasteiger partial charge on any atom is -0.497 e. The minimum absolute atomic E-state index is 0.0147. The molecule has 2 aromatic carbocycles. The summed E-state index contributed by atoms with van der Waals surface area (Å²) in [5.74, 6) is 0.235. The van der Waals surface area contributed by atoms with Crippen LogP contribution in [0.1, 0.15) is 30.9 Å². The second kappa shape index (κ2) is 9.18. The molecule has 1 aliphatic heterocycles. The van der Waals surface area contributed by atoms with Gasteiger partial charge in [0.2, 0.25) is 15.9 Å². The van der Waals surface area contributed by atoms with E-state index in [1.54, 1.807) is 36.3 Å². The number of benzene rings is 2. The Kier molecular flexibility index (Phi) is 6.83. The molecule has 1 atom stereocenters. The van der Waals surface area contributed by atoms with E-state index in [0.717, 1.165) is 16.8 Å². The van der Waals surface area contributed by atoms with E-state index >= 15 is 0 Å². The molecule has 1 unspecified atom stereocenters. The summed E-state index contributed by atoms with van der Waals surface area (Å²) in [7, 11) is -2.12. The summed E-state index contributed by atoms with van der Waals surface area (Å²) in [4.78, 5) is 15.3. The molecule has 0 bridgehead atoms. The maximum Gasteiger partial charge on any atom is 0.243 e. The molecule has 0 N–H and O–H groups in total. The Bertz CT molecular complexity index is 1000. The first kappa shape index (κ1) is 22.3. The number of carbonyl (C=O) groups is 1. The fourth-order valence-electron chi connectivity index (χ4n) is 4.03. The highest BCUT2D eigenvalue weighted by molar-refractivity contribution is 7.89. The Morgan fingerprint density at radius 1 is 1.17 bits per heavy atom. The number of rotatable bonds is 6. The van der Waals surface area contributed by atoms with E-state index in [1.165, 1.54) is 4.31 Å². The third kappa shape index (κ3) is 4.52. The van der Waals surface area contributed by atoms with Crippen LogP contribution in [0.3, 0.4) is 0 Å². The Labute approximate surface area is 179 Å². The third-order valence-corrected chi connectivity index (χ3v) is 7.54. The summed E-state index contributed by atoms with van der Waals surface area (Å²) in [6.07, 6.45) is 1.35. The standard InChI is InChI=1S/C23H30N2O4S/c1-5-25(22-13-8-17(2)15-18(22)3)23(26)19-7-6-14-24(16-19)30(27,28)21-11-9-20(29-4)10-12-21/h8-13,15,19H,5-7,14,16H2,1-4H3. The van der Waals surface area contributed by atoms with Crippen molar-refractivity contribution in [2.45, 2.75) is 38.5 Å². The van der Waals surface area contributed by atoms with Gasteiger partial charge in [0.05, 0.1) is 17.9 Å². The van der Waals surface area contributed by atoms with Crippen molar-refractivity contribution >= 4 is 21.6 Å². The van der Waals surface area contributed by atoms with Crippen LogP contribution in [0.2, 0.25) is 0 Å². The van der Waals surface area contributed by atoms with Crippen molar-refractivity contribution in [1.82, 2.24) is 4.31 Å². The van der Waals surface area contributed by atoms with Gasteiger partial charge in [-0.3, -0.25) is 4.79 Å². The quantitative estimate of drug-likeness (QED) is 0.700. The van der Waals surface area contributed by atoms with Gasteiger partial charge in [0, 0.05) is 25.3 Å². The molecule has 0 aromatic heterocycles. The Hall–Kier alpha value is -2.38. The molecule has 2 aromatic rings. The number of hydrogen-bond donors (Lipinski definition) is 0. The first-order valence-corrected chi connectivity index (χ1v) is 11.7. The van der Waals surface area contributed by atoms with Crippen LogP contribution in [-0.2, 0) is 14.8 Å². The van der Waals surface area contributed by atoms with Gasteiger partial charge in [-0.05, 0) is 69.5 Å². The number of ether oxygens (including phenoxy) is 1. The molecule has 0 radical (unpaired) electrons.